The molecular formula is C11H13O2. The molecule has 1 aromatic rings. The van der Waals surface area contributed by atoms with Crippen LogP contribution in [0.1, 0.15) is 30.9 Å². The van der Waals surface area contributed by atoms with Crippen LogP contribution in [0, 0.1) is 0 Å². The quantitative estimate of drug-likeness (QED) is 0.708. The smallest absolute Gasteiger partial charge is 0.233 e. The van der Waals surface area contributed by atoms with E-state index in [-0.39, 0.29) is 0 Å². The second-order valence-corrected chi connectivity index (χ2v) is 3.21. The van der Waals surface area contributed by atoms with Crippen LogP contribution >= 0.6 is 0 Å². The lowest BCUT2D eigenvalue weighted by molar-refractivity contribution is 0.407. The molecule has 0 aliphatic heterocycles. The maximum absolute atomic E-state index is 10.4. The van der Waals surface area contributed by atoms with Gasteiger partial charge in [-0.05, 0) is 29.7 Å². The van der Waals surface area contributed by atoms with Crippen LogP contribution < -0.4 is 4.74 Å². The highest BCUT2D eigenvalue weighted by Crippen LogP contribution is 2.26. The topological polar surface area (TPSA) is 26.3 Å². The SMILES string of the molecule is COc1ccc([C]=O)cc1C(C)C. The summed E-state index contributed by atoms with van der Waals surface area (Å²) in [6, 6.07) is 5.32. The first kappa shape index (κ1) is 9.78. The van der Waals surface area contributed by atoms with Gasteiger partial charge in [0.2, 0.25) is 6.29 Å². The van der Waals surface area contributed by atoms with Crippen LogP contribution in [0.25, 0.3) is 0 Å². The standard InChI is InChI=1S/C11H13O2/c1-8(2)10-6-9(7-12)4-5-11(10)13-3/h4-6,8H,1-3H3. The summed E-state index contributed by atoms with van der Waals surface area (Å²) in [7, 11) is 1.63. The van der Waals surface area contributed by atoms with Crippen molar-refractivity contribution >= 4 is 6.29 Å². The van der Waals surface area contributed by atoms with Crippen LogP contribution in [-0.2, 0) is 4.79 Å². The summed E-state index contributed by atoms with van der Waals surface area (Å²) in [5.41, 5.74) is 1.62. The van der Waals surface area contributed by atoms with Gasteiger partial charge in [0.15, 0.2) is 0 Å². The molecule has 1 aromatic carbocycles. The normalized spacial score (nSPS) is 10.2. The molecule has 0 aromatic heterocycles. The van der Waals surface area contributed by atoms with Crippen molar-refractivity contribution < 1.29 is 9.53 Å². The Kier molecular flexibility index (Phi) is 3.07. The average molecular weight is 177 g/mol. The Hall–Kier alpha value is -1.31. The molecule has 0 atom stereocenters. The van der Waals surface area contributed by atoms with E-state index in [2.05, 4.69) is 13.8 Å². The van der Waals surface area contributed by atoms with E-state index >= 15 is 0 Å². The number of ether oxygens (including phenoxy) is 1. The van der Waals surface area contributed by atoms with Gasteiger partial charge in [-0.3, -0.25) is 4.79 Å². The second kappa shape index (κ2) is 4.08. The molecule has 0 aliphatic carbocycles. The van der Waals surface area contributed by atoms with Gasteiger partial charge in [0.05, 0.1) is 7.11 Å². The summed E-state index contributed by atoms with van der Waals surface area (Å²) in [6.07, 6.45) is 1.87. The molecule has 0 amide bonds. The zero-order valence-corrected chi connectivity index (χ0v) is 8.13. The highest BCUT2D eigenvalue weighted by Gasteiger charge is 2.07. The van der Waals surface area contributed by atoms with Gasteiger partial charge in [0.1, 0.15) is 5.75 Å². The molecule has 1 radical (unpaired) electrons. The summed E-state index contributed by atoms with van der Waals surface area (Å²) in [5.74, 6) is 1.18. The Morgan fingerprint density at radius 1 is 1.38 bits per heavy atom. The molecule has 0 unspecified atom stereocenters. The first-order valence-electron chi connectivity index (χ1n) is 4.25. The van der Waals surface area contributed by atoms with Crippen molar-refractivity contribution in [1.82, 2.24) is 0 Å². The monoisotopic (exact) mass is 177 g/mol. The van der Waals surface area contributed by atoms with Crippen molar-refractivity contribution in [2.75, 3.05) is 7.11 Å². The van der Waals surface area contributed by atoms with Crippen LogP contribution in [0.4, 0.5) is 0 Å². The van der Waals surface area contributed by atoms with E-state index in [9.17, 15) is 4.79 Å². The fourth-order valence-corrected chi connectivity index (χ4v) is 1.25. The van der Waals surface area contributed by atoms with Gasteiger partial charge in [-0.15, -0.1) is 0 Å². The molecule has 0 spiro atoms. The van der Waals surface area contributed by atoms with Crippen LogP contribution in [0.15, 0.2) is 18.2 Å². The van der Waals surface area contributed by atoms with E-state index in [4.69, 9.17) is 4.74 Å². The predicted molar refractivity (Wildman–Crippen MR) is 51.9 cm³/mol. The van der Waals surface area contributed by atoms with Gasteiger partial charge in [-0.25, -0.2) is 0 Å². The van der Waals surface area contributed by atoms with E-state index in [1.807, 2.05) is 12.4 Å². The summed E-state index contributed by atoms with van der Waals surface area (Å²) in [4.78, 5) is 10.4. The maximum atomic E-state index is 10.4. The van der Waals surface area contributed by atoms with Crippen molar-refractivity contribution in [1.29, 1.82) is 0 Å². The van der Waals surface area contributed by atoms with Crippen LogP contribution in [0.2, 0.25) is 0 Å². The molecule has 0 fully saturated rings. The molecule has 0 saturated carbocycles. The molecule has 0 heterocycles. The lowest BCUT2D eigenvalue weighted by Gasteiger charge is -2.11. The lowest BCUT2D eigenvalue weighted by Crippen LogP contribution is -1.95. The molecule has 2 nitrogen and oxygen atoms in total. The van der Waals surface area contributed by atoms with E-state index in [0.717, 1.165) is 11.3 Å². The van der Waals surface area contributed by atoms with Crippen molar-refractivity contribution in [3.8, 4) is 5.75 Å². The summed E-state index contributed by atoms with van der Waals surface area (Å²) in [5, 5.41) is 0. The molecule has 0 N–H and O–H groups in total. The number of methoxy groups -OCH3 is 1. The van der Waals surface area contributed by atoms with E-state index < -0.39 is 0 Å². The van der Waals surface area contributed by atoms with Crippen molar-refractivity contribution in [2.45, 2.75) is 19.8 Å². The number of hydrogen-bond acceptors (Lipinski definition) is 2. The average Bonchev–Trinajstić information content (AvgIpc) is 2.16. The van der Waals surface area contributed by atoms with Gasteiger partial charge in [-0.1, -0.05) is 13.8 Å². The third kappa shape index (κ3) is 2.08. The largest absolute Gasteiger partial charge is 0.496 e. The molecule has 1 rings (SSSR count). The maximum Gasteiger partial charge on any atom is 0.233 e. The van der Waals surface area contributed by atoms with E-state index in [0.29, 0.717) is 11.5 Å². The molecule has 0 saturated heterocycles. The van der Waals surface area contributed by atoms with Crippen LogP contribution in [0.3, 0.4) is 0 Å². The first-order chi connectivity index (χ1) is 6.19. The Morgan fingerprint density at radius 2 is 2.08 bits per heavy atom. The molecule has 0 aliphatic rings. The second-order valence-electron chi connectivity index (χ2n) is 3.21. The third-order valence-electron chi connectivity index (χ3n) is 1.97. The zero-order valence-electron chi connectivity index (χ0n) is 8.13. The van der Waals surface area contributed by atoms with E-state index in [1.54, 1.807) is 19.2 Å². The minimum absolute atomic E-state index is 0.350. The zero-order chi connectivity index (χ0) is 9.84. The van der Waals surface area contributed by atoms with Crippen molar-refractivity contribution in [2.24, 2.45) is 0 Å². The van der Waals surface area contributed by atoms with Crippen molar-refractivity contribution in [3.05, 3.63) is 29.3 Å². The predicted octanol–water partition coefficient (Wildman–Crippen LogP) is 2.28. The number of hydrogen-bond donors (Lipinski definition) is 0. The minimum atomic E-state index is 0.350. The Balaban J connectivity index is 3.17. The molecule has 69 valence electrons. The summed E-state index contributed by atoms with van der Waals surface area (Å²) < 4.78 is 5.18. The molecular weight excluding hydrogens is 164 g/mol. The van der Waals surface area contributed by atoms with Gasteiger partial charge < -0.3 is 4.74 Å². The van der Waals surface area contributed by atoms with E-state index in [1.165, 1.54) is 0 Å². The highest BCUT2D eigenvalue weighted by molar-refractivity contribution is 5.76. The molecule has 13 heavy (non-hydrogen) atoms. The lowest BCUT2D eigenvalue weighted by atomic mass is 10.00. The summed E-state index contributed by atoms with van der Waals surface area (Å²) in [6.45, 7) is 4.12. The Morgan fingerprint density at radius 3 is 2.54 bits per heavy atom. The number of rotatable bonds is 3. The van der Waals surface area contributed by atoms with Crippen LogP contribution in [0.5, 0.6) is 5.75 Å². The third-order valence-corrected chi connectivity index (χ3v) is 1.97. The van der Waals surface area contributed by atoms with Gasteiger partial charge in [-0.2, -0.15) is 0 Å². The number of carbonyl (C=O) groups excluding carboxylic acids is 1. The van der Waals surface area contributed by atoms with Gasteiger partial charge >= 0.3 is 0 Å². The Bertz CT molecular complexity index is 303. The Labute approximate surface area is 78.5 Å². The first-order valence-corrected chi connectivity index (χ1v) is 4.25. The molecule has 2 heteroatoms. The van der Waals surface area contributed by atoms with Crippen molar-refractivity contribution in [3.63, 3.8) is 0 Å². The fraction of sp³-hybridized carbons (Fsp3) is 0.364. The highest BCUT2D eigenvalue weighted by atomic mass is 16.5. The fourth-order valence-electron chi connectivity index (χ4n) is 1.25. The minimum Gasteiger partial charge on any atom is -0.496 e. The molecule has 0 bridgehead atoms. The van der Waals surface area contributed by atoms with Crippen LogP contribution in [-0.4, -0.2) is 13.4 Å². The van der Waals surface area contributed by atoms with Gasteiger partial charge in [0.25, 0.3) is 0 Å². The van der Waals surface area contributed by atoms with Gasteiger partial charge in [0, 0.05) is 5.56 Å². The number of benzene rings is 1. The summed E-state index contributed by atoms with van der Waals surface area (Å²) >= 11 is 0.